The van der Waals surface area contributed by atoms with Gasteiger partial charge in [0.15, 0.2) is 11.5 Å². The molecule has 0 aliphatic carbocycles. The second-order valence-electron chi connectivity index (χ2n) is 4.51. The predicted molar refractivity (Wildman–Crippen MR) is 75.6 cm³/mol. The second-order valence-corrected chi connectivity index (χ2v) is 4.51. The van der Waals surface area contributed by atoms with Crippen LogP contribution in [0.15, 0.2) is 12.1 Å². The molecule has 0 unspecified atom stereocenters. The van der Waals surface area contributed by atoms with Crippen molar-refractivity contribution in [1.29, 1.82) is 0 Å². The third-order valence-electron chi connectivity index (χ3n) is 3.28. The number of hydrogen-bond donors (Lipinski definition) is 1. The Kier molecular flexibility index (Phi) is 3.38. The molecule has 2 aromatic rings. The Bertz CT molecular complexity index is 598. The zero-order chi connectivity index (χ0) is 14.2. The minimum absolute atomic E-state index is 0.628. The van der Waals surface area contributed by atoms with Gasteiger partial charge in [-0.2, -0.15) is 5.10 Å². The molecule has 0 bridgehead atoms. The first-order chi connectivity index (χ1) is 8.99. The topological polar surface area (TPSA) is 62.3 Å². The standard InChI is InChI=1S/C14H19N3O2/c1-8-6-11(18-4)14(19-5)9(2)13(8)10-7-12(15)17(3)16-10/h6-7H,15H2,1-5H3. The van der Waals surface area contributed by atoms with E-state index in [2.05, 4.69) is 5.10 Å². The summed E-state index contributed by atoms with van der Waals surface area (Å²) in [5.41, 5.74) is 9.80. The molecular weight excluding hydrogens is 242 g/mol. The van der Waals surface area contributed by atoms with Crippen LogP contribution < -0.4 is 15.2 Å². The van der Waals surface area contributed by atoms with Gasteiger partial charge in [0.2, 0.25) is 0 Å². The van der Waals surface area contributed by atoms with Gasteiger partial charge in [0, 0.05) is 24.2 Å². The van der Waals surface area contributed by atoms with Gasteiger partial charge in [-0.15, -0.1) is 0 Å². The van der Waals surface area contributed by atoms with Gasteiger partial charge in [-0.25, -0.2) is 0 Å². The number of nitrogens with two attached hydrogens (primary N) is 1. The van der Waals surface area contributed by atoms with Crippen LogP contribution in [0.4, 0.5) is 5.82 Å². The molecule has 0 aliphatic heterocycles. The monoisotopic (exact) mass is 261 g/mol. The van der Waals surface area contributed by atoms with Crippen LogP contribution in [0.1, 0.15) is 11.1 Å². The number of aromatic nitrogens is 2. The van der Waals surface area contributed by atoms with Crippen molar-refractivity contribution in [3.8, 4) is 22.8 Å². The summed E-state index contributed by atoms with van der Waals surface area (Å²) in [6.07, 6.45) is 0. The van der Waals surface area contributed by atoms with Gasteiger partial charge in [-0.1, -0.05) is 0 Å². The van der Waals surface area contributed by atoms with Crippen LogP contribution >= 0.6 is 0 Å². The fraction of sp³-hybridized carbons (Fsp3) is 0.357. The second kappa shape index (κ2) is 4.84. The van der Waals surface area contributed by atoms with Crippen molar-refractivity contribution in [2.45, 2.75) is 13.8 Å². The van der Waals surface area contributed by atoms with Crippen molar-refractivity contribution in [2.24, 2.45) is 7.05 Å². The van der Waals surface area contributed by atoms with Crippen molar-refractivity contribution in [3.05, 3.63) is 23.3 Å². The number of nitrogens with zero attached hydrogens (tertiary/aromatic N) is 2. The lowest BCUT2D eigenvalue weighted by molar-refractivity contribution is 0.353. The van der Waals surface area contributed by atoms with Crippen LogP contribution in [0, 0.1) is 13.8 Å². The van der Waals surface area contributed by atoms with E-state index in [1.54, 1.807) is 18.9 Å². The van der Waals surface area contributed by atoms with Crippen LogP contribution in [-0.2, 0) is 7.05 Å². The molecule has 1 aromatic heterocycles. The Labute approximate surface area is 112 Å². The first-order valence-corrected chi connectivity index (χ1v) is 6.01. The molecule has 5 heteroatoms. The van der Waals surface area contributed by atoms with E-state index >= 15 is 0 Å². The maximum Gasteiger partial charge on any atom is 0.164 e. The fourth-order valence-electron chi connectivity index (χ4n) is 2.33. The van der Waals surface area contributed by atoms with Crippen molar-refractivity contribution in [3.63, 3.8) is 0 Å². The van der Waals surface area contributed by atoms with E-state index in [4.69, 9.17) is 15.2 Å². The molecule has 0 amide bonds. The molecule has 1 aromatic carbocycles. The zero-order valence-corrected chi connectivity index (χ0v) is 11.9. The Morgan fingerprint density at radius 3 is 2.32 bits per heavy atom. The molecule has 0 radical (unpaired) electrons. The SMILES string of the molecule is COc1cc(C)c(-c2cc(N)n(C)n2)c(C)c1OC. The first kappa shape index (κ1) is 13.3. The highest BCUT2D eigenvalue weighted by Gasteiger charge is 2.18. The molecule has 0 saturated carbocycles. The lowest BCUT2D eigenvalue weighted by atomic mass is 9.98. The van der Waals surface area contributed by atoms with Gasteiger partial charge in [0.05, 0.1) is 19.9 Å². The highest BCUT2D eigenvalue weighted by atomic mass is 16.5. The molecule has 2 N–H and O–H groups in total. The lowest BCUT2D eigenvalue weighted by Gasteiger charge is -2.15. The molecule has 0 spiro atoms. The molecule has 0 saturated heterocycles. The minimum Gasteiger partial charge on any atom is -0.493 e. The number of rotatable bonds is 3. The summed E-state index contributed by atoms with van der Waals surface area (Å²) in [6, 6.07) is 3.81. The van der Waals surface area contributed by atoms with E-state index in [0.29, 0.717) is 5.82 Å². The van der Waals surface area contributed by atoms with Gasteiger partial charge in [0.1, 0.15) is 5.82 Å². The number of methoxy groups -OCH3 is 2. The number of nitrogen functional groups attached to an aromatic ring is 1. The first-order valence-electron chi connectivity index (χ1n) is 6.01. The van der Waals surface area contributed by atoms with Crippen LogP contribution in [-0.4, -0.2) is 24.0 Å². The maximum absolute atomic E-state index is 5.85. The summed E-state index contributed by atoms with van der Waals surface area (Å²) in [7, 11) is 5.09. The molecule has 1 heterocycles. The molecule has 0 atom stereocenters. The smallest absolute Gasteiger partial charge is 0.164 e. The van der Waals surface area contributed by atoms with Crippen LogP contribution in [0.5, 0.6) is 11.5 Å². The van der Waals surface area contributed by atoms with Gasteiger partial charge >= 0.3 is 0 Å². The Balaban J connectivity index is 2.70. The van der Waals surface area contributed by atoms with E-state index in [-0.39, 0.29) is 0 Å². The summed E-state index contributed by atoms with van der Waals surface area (Å²) in [6.45, 7) is 4.02. The van der Waals surface area contributed by atoms with E-state index < -0.39 is 0 Å². The lowest BCUT2D eigenvalue weighted by Crippen LogP contribution is -1.99. The Hall–Kier alpha value is -2.17. The quantitative estimate of drug-likeness (QED) is 0.921. The van der Waals surface area contributed by atoms with Crippen LogP contribution in [0.3, 0.4) is 0 Å². The van der Waals surface area contributed by atoms with Crippen LogP contribution in [0.2, 0.25) is 0 Å². The summed E-state index contributed by atoms with van der Waals surface area (Å²) in [5, 5.41) is 4.43. The summed E-state index contributed by atoms with van der Waals surface area (Å²) in [4.78, 5) is 0. The maximum atomic E-state index is 5.85. The minimum atomic E-state index is 0.628. The largest absolute Gasteiger partial charge is 0.493 e. The van der Waals surface area contributed by atoms with Crippen LogP contribution in [0.25, 0.3) is 11.3 Å². The average Bonchev–Trinajstić information content (AvgIpc) is 2.68. The van der Waals surface area contributed by atoms with Crippen molar-refractivity contribution >= 4 is 5.82 Å². The highest BCUT2D eigenvalue weighted by Crippen LogP contribution is 2.39. The van der Waals surface area contributed by atoms with Crippen molar-refractivity contribution in [2.75, 3.05) is 20.0 Å². The number of aryl methyl sites for hydroxylation is 2. The summed E-state index contributed by atoms with van der Waals surface area (Å²) in [5.74, 6) is 2.08. The Morgan fingerprint density at radius 1 is 1.16 bits per heavy atom. The number of anilines is 1. The van der Waals surface area contributed by atoms with Gasteiger partial charge in [-0.3, -0.25) is 4.68 Å². The molecule has 0 aliphatic rings. The fourth-order valence-corrected chi connectivity index (χ4v) is 2.33. The zero-order valence-electron chi connectivity index (χ0n) is 11.9. The molecule has 2 rings (SSSR count). The number of benzene rings is 1. The van der Waals surface area contributed by atoms with Crippen molar-refractivity contribution in [1.82, 2.24) is 9.78 Å². The molecular formula is C14H19N3O2. The molecule has 102 valence electrons. The average molecular weight is 261 g/mol. The third-order valence-corrected chi connectivity index (χ3v) is 3.28. The van der Waals surface area contributed by atoms with E-state index in [0.717, 1.165) is 33.9 Å². The van der Waals surface area contributed by atoms with E-state index in [1.807, 2.05) is 33.0 Å². The molecule has 0 fully saturated rings. The Morgan fingerprint density at radius 2 is 1.84 bits per heavy atom. The van der Waals surface area contributed by atoms with E-state index in [9.17, 15) is 0 Å². The third kappa shape index (κ3) is 2.12. The summed E-state index contributed by atoms with van der Waals surface area (Å²) < 4.78 is 12.4. The molecule has 5 nitrogen and oxygen atoms in total. The number of ether oxygens (including phenoxy) is 2. The summed E-state index contributed by atoms with van der Waals surface area (Å²) >= 11 is 0. The predicted octanol–water partition coefficient (Wildman–Crippen LogP) is 2.30. The molecule has 19 heavy (non-hydrogen) atoms. The van der Waals surface area contributed by atoms with Gasteiger partial charge < -0.3 is 15.2 Å². The van der Waals surface area contributed by atoms with Gasteiger partial charge in [-0.05, 0) is 25.5 Å². The normalized spacial score (nSPS) is 10.6. The number of hydrogen-bond acceptors (Lipinski definition) is 4. The van der Waals surface area contributed by atoms with Gasteiger partial charge in [0.25, 0.3) is 0 Å². The van der Waals surface area contributed by atoms with Crippen molar-refractivity contribution < 1.29 is 9.47 Å². The van der Waals surface area contributed by atoms with E-state index in [1.165, 1.54) is 0 Å². The highest BCUT2D eigenvalue weighted by molar-refractivity contribution is 5.74.